The molecule has 1 unspecified atom stereocenters. The van der Waals surface area contributed by atoms with Gasteiger partial charge in [0.2, 0.25) is 0 Å². The van der Waals surface area contributed by atoms with Crippen LogP contribution in [0.1, 0.15) is 64.7 Å². The highest BCUT2D eigenvalue weighted by Gasteiger charge is 2.31. The van der Waals surface area contributed by atoms with Gasteiger partial charge in [-0.1, -0.05) is 39.0 Å². The molecule has 5 nitrogen and oxygen atoms in total. The molecule has 5 heteroatoms. The van der Waals surface area contributed by atoms with E-state index in [0.29, 0.717) is 12.6 Å². The molecule has 0 radical (unpaired) electrons. The van der Waals surface area contributed by atoms with E-state index in [1.54, 1.807) is 0 Å². The number of rotatable bonds is 5. The Balaban J connectivity index is 1.96. The molecule has 2 saturated carbocycles. The van der Waals surface area contributed by atoms with Gasteiger partial charge in [-0.2, -0.15) is 0 Å². The lowest BCUT2D eigenvalue weighted by atomic mass is 9.95. The van der Waals surface area contributed by atoms with Crippen LogP contribution >= 0.6 is 0 Å². The first-order chi connectivity index (χ1) is 10.6. The second-order valence-electron chi connectivity index (χ2n) is 6.80. The van der Waals surface area contributed by atoms with Crippen molar-refractivity contribution in [1.29, 1.82) is 0 Å². The predicted molar refractivity (Wildman–Crippen MR) is 85.5 cm³/mol. The van der Waals surface area contributed by atoms with Gasteiger partial charge in [-0.3, -0.25) is 4.79 Å². The summed E-state index contributed by atoms with van der Waals surface area (Å²) in [6, 6.07) is 0.587. The number of methoxy groups -OCH3 is 1. The van der Waals surface area contributed by atoms with Crippen LogP contribution in [-0.2, 0) is 9.53 Å². The summed E-state index contributed by atoms with van der Waals surface area (Å²) in [4.78, 5) is 26.3. The topological polar surface area (TPSA) is 58.6 Å². The first kappa shape index (κ1) is 17.1. The molecule has 126 valence electrons. The SMILES string of the molecule is COC(=O)C(C)CN(C(=O)NC1CCCCC1)C1CCCC1. The van der Waals surface area contributed by atoms with E-state index in [0.717, 1.165) is 25.7 Å². The van der Waals surface area contributed by atoms with Gasteiger partial charge in [0.1, 0.15) is 0 Å². The van der Waals surface area contributed by atoms with Gasteiger partial charge >= 0.3 is 12.0 Å². The maximum Gasteiger partial charge on any atom is 0.317 e. The Morgan fingerprint density at radius 2 is 1.68 bits per heavy atom. The molecule has 0 aliphatic heterocycles. The maximum atomic E-state index is 12.7. The number of hydrogen-bond acceptors (Lipinski definition) is 3. The van der Waals surface area contributed by atoms with Gasteiger partial charge in [-0.15, -0.1) is 0 Å². The Hall–Kier alpha value is -1.26. The molecule has 2 aliphatic carbocycles. The fourth-order valence-corrected chi connectivity index (χ4v) is 3.69. The van der Waals surface area contributed by atoms with Gasteiger partial charge in [0.25, 0.3) is 0 Å². The third-order valence-electron chi connectivity index (χ3n) is 5.03. The van der Waals surface area contributed by atoms with Crippen molar-refractivity contribution in [2.45, 2.75) is 76.8 Å². The minimum Gasteiger partial charge on any atom is -0.469 e. The molecule has 0 aromatic rings. The van der Waals surface area contributed by atoms with Gasteiger partial charge in [-0.25, -0.2) is 4.79 Å². The molecule has 0 spiro atoms. The molecule has 2 amide bonds. The number of urea groups is 1. The Morgan fingerprint density at radius 3 is 2.27 bits per heavy atom. The second-order valence-corrected chi connectivity index (χ2v) is 6.80. The number of esters is 1. The van der Waals surface area contributed by atoms with Crippen molar-refractivity contribution in [1.82, 2.24) is 10.2 Å². The van der Waals surface area contributed by atoms with Crippen LogP contribution in [0.2, 0.25) is 0 Å². The summed E-state index contributed by atoms with van der Waals surface area (Å²) in [5.74, 6) is -0.517. The van der Waals surface area contributed by atoms with Gasteiger partial charge < -0.3 is 15.0 Å². The average molecular weight is 310 g/mol. The van der Waals surface area contributed by atoms with Crippen LogP contribution in [0.3, 0.4) is 0 Å². The number of ether oxygens (including phenoxy) is 1. The van der Waals surface area contributed by atoms with Crippen molar-refractivity contribution in [2.75, 3.05) is 13.7 Å². The summed E-state index contributed by atoms with van der Waals surface area (Å²) < 4.78 is 4.81. The summed E-state index contributed by atoms with van der Waals surface area (Å²) in [6.45, 7) is 2.29. The highest BCUT2D eigenvalue weighted by Crippen LogP contribution is 2.25. The number of carbonyl (C=O) groups excluding carboxylic acids is 2. The van der Waals surface area contributed by atoms with Crippen LogP contribution in [0.15, 0.2) is 0 Å². The molecule has 0 aromatic carbocycles. The quantitative estimate of drug-likeness (QED) is 0.794. The van der Waals surface area contributed by atoms with Crippen LogP contribution in [0.25, 0.3) is 0 Å². The molecule has 2 aliphatic rings. The predicted octanol–water partition coefficient (Wildman–Crippen LogP) is 3.08. The monoisotopic (exact) mass is 310 g/mol. The fraction of sp³-hybridized carbons (Fsp3) is 0.882. The molecule has 2 fully saturated rings. The summed E-state index contributed by atoms with van der Waals surface area (Å²) in [7, 11) is 1.40. The van der Waals surface area contributed by atoms with Crippen LogP contribution in [-0.4, -0.2) is 42.6 Å². The molecule has 1 N–H and O–H groups in total. The first-order valence-corrected chi connectivity index (χ1v) is 8.76. The van der Waals surface area contributed by atoms with Crippen molar-refractivity contribution >= 4 is 12.0 Å². The number of amides is 2. The summed E-state index contributed by atoms with van der Waals surface area (Å²) in [6.07, 6.45) is 10.3. The highest BCUT2D eigenvalue weighted by molar-refractivity contribution is 5.77. The lowest BCUT2D eigenvalue weighted by Gasteiger charge is -2.33. The zero-order chi connectivity index (χ0) is 15.9. The average Bonchev–Trinajstić information content (AvgIpc) is 3.06. The van der Waals surface area contributed by atoms with Crippen LogP contribution in [0, 0.1) is 5.92 Å². The van der Waals surface area contributed by atoms with E-state index in [2.05, 4.69) is 5.32 Å². The Kier molecular flexibility index (Phi) is 6.52. The lowest BCUT2D eigenvalue weighted by molar-refractivity contribution is -0.145. The lowest BCUT2D eigenvalue weighted by Crippen LogP contribution is -2.51. The van der Waals surface area contributed by atoms with E-state index >= 15 is 0 Å². The van der Waals surface area contributed by atoms with Gasteiger partial charge in [0.15, 0.2) is 0 Å². The van der Waals surface area contributed by atoms with E-state index in [1.165, 1.54) is 39.2 Å². The van der Waals surface area contributed by atoms with Crippen molar-refractivity contribution in [3.8, 4) is 0 Å². The molecule has 0 bridgehead atoms. The van der Waals surface area contributed by atoms with E-state index in [9.17, 15) is 9.59 Å². The normalized spacial score (nSPS) is 21.4. The van der Waals surface area contributed by atoms with E-state index in [4.69, 9.17) is 4.74 Å². The molecule has 0 aromatic heterocycles. The molecule has 0 heterocycles. The van der Waals surface area contributed by atoms with Crippen molar-refractivity contribution < 1.29 is 14.3 Å². The fourth-order valence-electron chi connectivity index (χ4n) is 3.69. The Labute approximate surface area is 133 Å². The summed E-state index contributed by atoms with van der Waals surface area (Å²) >= 11 is 0. The smallest absolute Gasteiger partial charge is 0.317 e. The van der Waals surface area contributed by atoms with Gasteiger partial charge in [0, 0.05) is 18.6 Å². The molecular formula is C17H30N2O3. The minimum atomic E-state index is -0.275. The van der Waals surface area contributed by atoms with Crippen LogP contribution < -0.4 is 5.32 Å². The van der Waals surface area contributed by atoms with Crippen molar-refractivity contribution in [3.05, 3.63) is 0 Å². The molecular weight excluding hydrogens is 280 g/mol. The van der Waals surface area contributed by atoms with E-state index in [1.807, 2.05) is 11.8 Å². The van der Waals surface area contributed by atoms with E-state index in [-0.39, 0.29) is 24.0 Å². The number of hydrogen-bond donors (Lipinski definition) is 1. The van der Waals surface area contributed by atoms with Crippen molar-refractivity contribution in [3.63, 3.8) is 0 Å². The highest BCUT2D eigenvalue weighted by atomic mass is 16.5. The number of nitrogens with one attached hydrogen (secondary N) is 1. The van der Waals surface area contributed by atoms with Crippen molar-refractivity contribution in [2.24, 2.45) is 5.92 Å². The van der Waals surface area contributed by atoms with Crippen LogP contribution in [0.4, 0.5) is 4.79 Å². The third kappa shape index (κ3) is 4.62. The van der Waals surface area contributed by atoms with Gasteiger partial charge in [0.05, 0.1) is 13.0 Å². The Bertz CT molecular complexity index is 374. The third-order valence-corrected chi connectivity index (χ3v) is 5.03. The zero-order valence-corrected chi connectivity index (χ0v) is 14.0. The molecule has 1 atom stereocenters. The zero-order valence-electron chi connectivity index (χ0n) is 14.0. The summed E-state index contributed by atoms with van der Waals surface area (Å²) in [5.41, 5.74) is 0. The first-order valence-electron chi connectivity index (χ1n) is 8.76. The standard InChI is InChI=1S/C17H30N2O3/c1-13(16(20)22-2)12-19(15-10-6-7-11-15)17(21)18-14-8-4-3-5-9-14/h13-15H,3-12H2,1-2H3,(H,18,21). The number of nitrogens with zero attached hydrogens (tertiary/aromatic N) is 1. The largest absolute Gasteiger partial charge is 0.469 e. The maximum absolute atomic E-state index is 12.7. The molecule has 2 rings (SSSR count). The summed E-state index contributed by atoms with van der Waals surface area (Å²) in [5, 5.41) is 3.19. The van der Waals surface area contributed by atoms with E-state index < -0.39 is 0 Å². The minimum absolute atomic E-state index is 0.00885. The molecule has 0 saturated heterocycles. The molecule has 22 heavy (non-hydrogen) atoms. The second kappa shape index (κ2) is 8.39. The number of carbonyl (C=O) groups is 2. The Morgan fingerprint density at radius 1 is 1.09 bits per heavy atom. The van der Waals surface area contributed by atoms with Gasteiger partial charge in [-0.05, 0) is 25.7 Å². The van der Waals surface area contributed by atoms with Crippen LogP contribution in [0.5, 0.6) is 0 Å².